The number of carbonyl (C=O) groups excluding carboxylic acids is 1. The molecule has 0 aliphatic carbocycles. The fourth-order valence-electron chi connectivity index (χ4n) is 1.64. The van der Waals surface area contributed by atoms with Gasteiger partial charge < -0.3 is 4.42 Å². The van der Waals surface area contributed by atoms with Crippen LogP contribution in [0.25, 0.3) is 11.1 Å². The molecule has 1 amide bonds. The van der Waals surface area contributed by atoms with Crippen molar-refractivity contribution in [3.8, 4) is 0 Å². The lowest BCUT2D eigenvalue weighted by Crippen LogP contribution is -2.19. The topological polar surface area (TPSA) is 67.5 Å². The van der Waals surface area contributed by atoms with Crippen molar-refractivity contribution >= 4 is 62.3 Å². The summed E-state index contributed by atoms with van der Waals surface area (Å²) in [5.74, 6) is -0.0164. The highest BCUT2D eigenvalue weighted by Gasteiger charge is 2.08. The van der Waals surface area contributed by atoms with Crippen LogP contribution in [0, 0.1) is 0 Å². The summed E-state index contributed by atoms with van der Waals surface area (Å²) in [7, 11) is 0. The summed E-state index contributed by atoms with van der Waals surface area (Å²) in [6.45, 7) is 0. The van der Waals surface area contributed by atoms with E-state index >= 15 is 0 Å². The molecule has 1 aromatic carbocycles. The van der Waals surface area contributed by atoms with Crippen LogP contribution in [0.5, 0.6) is 0 Å². The van der Waals surface area contributed by atoms with E-state index in [1.165, 1.54) is 23.1 Å². The number of oxazole rings is 1. The van der Waals surface area contributed by atoms with E-state index in [1.807, 2.05) is 36.4 Å². The van der Waals surface area contributed by atoms with Crippen LogP contribution in [0.3, 0.4) is 0 Å². The first-order valence-electron chi connectivity index (χ1n) is 6.26. The SMILES string of the molecule is O=C(CSc1nc2ccccc2o1)N/N=C/c1ccc(Br)s1. The van der Waals surface area contributed by atoms with Crippen LogP contribution in [-0.2, 0) is 4.79 Å². The van der Waals surface area contributed by atoms with Gasteiger partial charge in [-0.05, 0) is 40.2 Å². The third-order valence-electron chi connectivity index (χ3n) is 2.58. The van der Waals surface area contributed by atoms with Crippen molar-refractivity contribution in [2.45, 2.75) is 5.22 Å². The third-order valence-corrected chi connectivity index (χ3v) is 4.96. The number of halogens is 1. The van der Waals surface area contributed by atoms with E-state index in [2.05, 4.69) is 31.4 Å². The van der Waals surface area contributed by atoms with Gasteiger partial charge in [-0.2, -0.15) is 5.10 Å². The average Bonchev–Trinajstić information content (AvgIpc) is 3.11. The number of aromatic nitrogens is 1. The van der Waals surface area contributed by atoms with E-state index in [1.54, 1.807) is 6.21 Å². The summed E-state index contributed by atoms with van der Waals surface area (Å²) in [5.41, 5.74) is 3.97. The number of rotatable bonds is 5. The van der Waals surface area contributed by atoms with Crippen molar-refractivity contribution < 1.29 is 9.21 Å². The fraction of sp³-hybridized carbons (Fsp3) is 0.0714. The maximum atomic E-state index is 11.7. The van der Waals surface area contributed by atoms with Gasteiger partial charge >= 0.3 is 0 Å². The lowest BCUT2D eigenvalue weighted by atomic mass is 10.3. The Bertz CT molecular complexity index is 795. The number of benzene rings is 1. The number of hydrogen-bond acceptors (Lipinski definition) is 6. The zero-order valence-electron chi connectivity index (χ0n) is 11.2. The molecule has 8 heteroatoms. The zero-order chi connectivity index (χ0) is 15.4. The first kappa shape index (κ1) is 15.3. The molecule has 2 heterocycles. The van der Waals surface area contributed by atoms with Gasteiger partial charge in [-0.1, -0.05) is 23.9 Å². The van der Waals surface area contributed by atoms with Crippen LogP contribution >= 0.6 is 39.0 Å². The molecule has 0 atom stereocenters. The van der Waals surface area contributed by atoms with Crippen LogP contribution < -0.4 is 5.43 Å². The largest absolute Gasteiger partial charge is 0.431 e. The fourth-order valence-corrected chi connectivity index (χ4v) is 3.56. The van der Waals surface area contributed by atoms with Gasteiger partial charge in [0.15, 0.2) is 5.58 Å². The summed E-state index contributed by atoms with van der Waals surface area (Å²) < 4.78 is 6.55. The maximum absolute atomic E-state index is 11.7. The molecule has 0 aliphatic rings. The van der Waals surface area contributed by atoms with Gasteiger partial charge in [0.2, 0.25) is 0 Å². The van der Waals surface area contributed by atoms with Gasteiger partial charge in [0.25, 0.3) is 11.1 Å². The Balaban J connectivity index is 1.50. The highest BCUT2D eigenvalue weighted by Crippen LogP contribution is 2.23. The normalized spacial score (nSPS) is 11.3. The average molecular weight is 396 g/mol. The van der Waals surface area contributed by atoms with Gasteiger partial charge in [0.05, 0.1) is 15.8 Å². The second kappa shape index (κ2) is 7.08. The van der Waals surface area contributed by atoms with Crippen molar-refractivity contribution in [2.24, 2.45) is 5.10 Å². The van der Waals surface area contributed by atoms with Crippen molar-refractivity contribution in [2.75, 3.05) is 5.75 Å². The number of fused-ring (bicyclic) bond motifs is 1. The number of para-hydroxylation sites is 2. The van der Waals surface area contributed by atoms with Gasteiger partial charge in [0.1, 0.15) is 5.52 Å². The Kier molecular flexibility index (Phi) is 4.91. The van der Waals surface area contributed by atoms with Gasteiger partial charge in [-0.15, -0.1) is 11.3 Å². The molecule has 0 saturated carbocycles. The van der Waals surface area contributed by atoms with E-state index < -0.39 is 0 Å². The van der Waals surface area contributed by atoms with E-state index in [0.717, 1.165) is 14.2 Å². The molecule has 0 fully saturated rings. The summed E-state index contributed by atoms with van der Waals surface area (Å²) in [6, 6.07) is 11.3. The van der Waals surface area contributed by atoms with Crippen molar-refractivity contribution in [3.63, 3.8) is 0 Å². The predicted octanol–water partition coefficient (Wildman–Crippen LogP) is 3.89. The van der Waals surface area contributed by atoms with Crippen LogP contribution in [0.15, 0.2) is 54.9 Å². The van der Waals surface area contributed by atoms with Crippen LogP contribution in [-0.4, -0.2) is 22.9 Å². The first-order valence-corrected chi connectivity index (χ1v) is 8.86. The summed E-state index contributed by atoms with van der Waals surface area (Å²) in [4.78, 5) is 17.0. The number of hydrazone groups is 1. The highest BCUT2D eigenvalue weighted by molar-refractivity contribution is 9.11. The molecule has 2 aromatic heterocycles. The Morgan fingerprint density at radius 2 is 2.27 bits per heavy atom. The van der Waals surface area contributed by atoms with E-state index in [9.17, 15) is 4.79 Å². The van der Waals surface area contributed by atoms with Crippen molar-refractivity contribution in [3.05, 3.63) is 45.1 Å². The minimum atomic E-state index is -0.209. The molecule has 3 rings (SSSR count). The first-order chi connectivity index (χ1) is 10.7. The molecule has 0 saturated heterocycles. The van der Waals surface area contributed by atoms with Crippen molar-refractivity contribution in [1.82, 2.24) is 10.4 Å². The van der Waals surface area contributed by atoms with Gasteiger partial charge in [-0.25, -0.2) is 10.4 Å². The van der Waals surface area contributed by atoms with E-state index in [4.69, 9.17) is 4.42 Å². The highest BCUT2D eigenvalue weighted by atomic mass is 79.9. The minimum absolute atomic E-state index is 0.193. The van der Waals surface area contributed by atoms with Crippen LogP contribution in [0.4, 0.5) is 0 Å². The number of nitrogens with zero attached hydrogens (tertiary/aromatic N) is 2. The number of nitrogens with one attached hydrogen (secondary N) is 1. The molecular weight excluding hydrogens is 386 g/mol. The number of amides is 1. The molecule has 3 aromatic rings. The molecule has 1 N–H and O–H groups in total. The molecule has 0 aliphatic heterocycles. The van der Waals surface area contributed by atoms with Crippen LogP contribution in [0.2, 0.25) is 0 Å². The monoisotopic (exact) mass is 395 g/mol. The minimum Gasteiger partial charge on any atom is -0.431 e. The lowest BCUT2D eigenvalue weighted by Gasteiger charge is -1.96. The van der Waals surface area contributed by atoms with Gasteiger partial charge in [0, 0.05) is 4.88 Å². The Hall–Kier alpha value is -1.64. The maximum Gasteiger partial charge on any atom is 0.257 e. The molecule has 0 unspecified atom stereocenters. The summed E-state index contributed by atoms with van der Waals surface area (Å²) >= 11 is 6.14. The molecule has 22 heavy (non-hydrogen) atoms. The standard InChI is InChI=1S/C14H10BrN3O2S2/c15-12-6-5-9(22-12)7-16-18-13(19)8-21-14-17-10-3-1-2-4-11(10)20-14/h1-7H,8H2,(H,18,19)/b16-7+. The van der Waals surface area contributed by atoms with Crippen molar-refractivity contribution in [1.29, 1.82) is 0 Å². The van der Waals surface area contributed by atoms with Gasteiger partial charge in [-0.3, -0.25) is 4.79 Å². The lowest BCUT2D eigenvalue weighted by molar-refractivity contribution is -0.118. The van der Waals surface area contributed by atoms with Crippen LogP contribution in [0.1, 0.15) is 4.88 Å². The molecule has 0 spiro atoms. The summed E-state index contributed by atoms with van der Waals surface area (Å²) in [6.07, 6.45) is 1.61. The number of hydrogen-bond donors (Lipinski definition) is 1. The molecule has 112 valence electrons. The number of carbonyl (C=O) groups is 1. The molecule has 0 bridgehead atoms. The second-order valence-electron chi connectivity index (χ2n) is 4.17. The molecular formula is C14H10BrN3O2S2. The second-order valence-corrected chi connectivity index (χ2v) is 7.59. The zero-order valence-corrected chi connectivity index (χ0v) is 14.4. The molecule has 5 nitrogen and oxygen atoms in total. The Labute approximate surface area is 142 Å². The predicted molar refractivity (Wildman–Crippen MR) is 92.5 cm³/mol. The number of thiophene rings is 1. The van der Waals surface area contributed by atoms with E-state index in [0.29, 0.717) is 10.8 Å². The Morgan fingerprint density at radius 1 is 1.41 bits per heavy atom. The smallest absolute Gasteiger partial charge is 0.257 e. The molecule has 0 radical (unpaired) electrons. The third kappa shape index (κ3) is 3.96. The number of thioether (sulfide) groups is 1. The summed E-state index contributed by atoms with van der Waals surface area (Å²) in [5, 5.41) is 4.39. The quantitative estimate of drug-likeness (QED) is 0.404. The Morgan fingerprint density at radius 3 is 3.05 bits per heavy atom. The van der Waals surface area contributed by atoms with E-state index in [-0.39, 0.29) is 11.7 Å².